The van der Waals surface area contributed by atoms with Crippen molar-refractivity contribution in [3.8, 4) is 0 Å². The number of methoxy groups -OCH3 is 1. The second-order valence-electron chi connectivity index (χ2n) is 6.42. The number of aromatic nitrogens is 3. The lowest BCUT2D eigenvalue weighted by molar-refractivity contribution is -0.117. The SMILES string of the molecule is COCc1nnc(NC(=O)CN2CCCC2c2cc(C(C)C)on2)s1. The molecule has 1 unspecified atom stereocenters. The van der Waals surface area contributed by atoms with Crippen molar-refractivity contribution in [2.75, 3.05) is 25.5 Å². The molecular weight excluding hydrogens is 342 g/mol. The Morgan fingerprint density at radius 1 is 1.52 bits per heavy atom. The van der Waals surface area contributed by atoms with Crippen LogP contribution in [0.25, 0.3) is 0 Å². The van der Waals surface area contributed by atoms with E-state index in [1.54, 1.807) is 7.11 Å². The molecule has 0 saturated carbocycles. The smallest absolute Gasteiger partial charge is 0.240 e. The van der Waals surface area contributed by atoms with Crippen molar-refractivity contribution in [3.63, 3.8) is 0 Å². The van der Waals surface area contributed by atoms with E-state index < -0.39 is 0 Å². The Morgan fingerprint density at radius 3 is 3.08 bits per heavy atom. The Labute approximate surface area is 150 Å². The zero-order chi connectivity index (χ0) is 17.8. The number of hydrogen-bond acceptors (Lipinski definition) is 8. The number of nitrogens with zero attached hydrogens (tertiary/aromatic N) is 4. The highest BCUT2D eigenvalue weighted by Crippen LogP contribution is 2.32. The van der Waals surface area contributed by atoms with E-state index in [1.165, 1.54) is 11.3 Å². The maximum Gasteiger partial charge on any atom is 0.240 e. The van der Waals surface area contributed by atoms with Gasteiger partial charge in [0.1, 0.15) is 23.1 Å². The van der Waals surface area contributed by atoms with Crippen molar-refractivity contribution in [3.05, 3.63) is 22.5 Å². The van der Waals surface area contributed by atoms with E-state index in [0.717, 1.165) is 35.8 Å². The Bertz CT molecular complexity index is 714. The molecule has 1 saturated heterocycles. The standard InChI is InChI=1S/C16H23N5O3S/c1-10(2)13-7-11(20-24-13)12-5-4-6-21(12)8-14(22)17-16-19-18-15(25-16)9-23-3/h7,10,12H,4-6,8-9H2,1-3H3,(H,17,19,22). The normalized spacial score (nSPS) is 18.2. The third kappa shape index (κ3) is 4.42. The summed E-state index contributed by atoms with van der Waals surface area (Å²) in [5.41, 5.74) is 0.910. The first-order valence-corrected chi connectivity index (χ1v) is 9.20. The molecule has 136 valence electrons. The molecule has 1 amide bonds. The summed E-state index contributed by atoms with van der Waals surface area (Å²) in [6.07, 6.45) is 2.02. The number of carbonyl (C=O) groups excluding carboxylic acids is 1. The van der Waals surface area contributed by atoms with Crippen molar-refractivity contribution < 1.29 is 14.1 Å². The molecule has 2 aromatic heterocycles. The summed E-state index contributed by atoms with van der Waals surface area (Å²) in [5.74, 6) is 1.09. The largest absolute Gasteiger partial charge is 0.377 e. The van der Waals surface area contributed by atoms with Crippen molar-refractivity contribution >= 4 is 22.4 Å². The average Bonchev–Trinajstić information content (AvgIpc) is 3.27. The van der Waals surface area contributed by atoms with Crippen LogP contribution in [-0.4, -0.2) is 46.4 Å². The molecule has 1 N–H and O–H groups in total. The van der Waals surface area contributed by atoms with E-state index in [1.807, 2.05) is 6.07 Å². The molecule has 0 aliphatic carbocycles. The van der Waals surface area contributed by atoms with Crippen LogP contribution in [0.4, 0.5) is 5.13 Å². The van der Waals surface area contributed by atoms with Gasteiger partial charge >= 0.3 is 0 Å². The number of amides is 1. The predicted molar refractivity (Wildman–Crippen MR) is 93.4 cm³/mol. The van der Waals surface area contributed by atoms with Crippen LogP contribution < -0.4 is 5.32 Å². The lowest BCUT2D eigenvalue weighted by Crippen LogP contribution is -2.33. The summed E-state index contributed by atoms with van der Waals surface area (Å²) in [6.45, 7) is 5.71. The fourth-order valence-corrected chi connectivity index (χ4v) is 3.64. The molecule has 1 aliphatic rings. The number of rotatable bonds is 7. The Hall–Kier alpha value is -1.84. The van der Waals surface area contributed by atoms with Crippen molar-refractivity contribution in [1.29, 1.82) is 0 Å². The minimum absolute atomic E-state index is 0.0976. The first-order valence-electron chi connectivity index (χ1n) is 8.38. The maximum atomic E-state index is 12.3. The molecule has 8 nitrogen and oxygen atoms in total. The van der Waals surface area contributed by atoms with Crippen LogP contribution in [0.1, 0.15) is 55.1 Å². The number of likely N-dealkylation sites (tertiary alicyclic amines) is 1. The third-order valence-electron chi connectivity index (χ3n) is 4.15. The molecule has 3 rings (SSSR count). The lowest BCUT2D eigenvalue weighted by atomic mass is 10.1. The second kappa shape index (κ2) is 8.03. The van der Waals surface area contributed by atoms with Gasteiger partial charge in [-0.25, -0.2) is 0 Å². The summed E-state index contributed by atoms with van der Waals surface area (Å²) >= 11 is 1.32. The van der Waals surface area contributed by atoms with Crippen LogP contribution in [0.2, 0.25) is 0 Å². The summed E-state index contributed by atoms with van der Waals surface area (Å²) in [6, 6.07) is 2.13. The van der Waals surface area contributed by atoms with Crippen LogP contribution in [0.15, 0.2) is 10.6 Å². The first kappa shape index (κ1) is 18.0. The average molecular weight is 365 g/mol. The minimum atomic E-state index is -0.0976. The monoisotopic (exact) mass is 365 g/mol. The number of carbonyl (C=O) groups is 1. The molecule has 0 bridgehead atoms. The van der Waals surface area contributed by atoms with E-state index in [-0.39, 0.29) is 11.9 Å². The zero-order valence-electron chi connectivity index (χ0n) is 14.7. The Kier molecular flexibility index (Phi) is 5.77. The van der Waals surface area contributed by atoms with Crippen molar-refractivity contribution in [2.45, 2.75) is 45.3 Å². The van der Waals surface area contributed by atoms with Crippen LogP contribution in [0.5, 0.6) is 0 Å². The summed E-state index contributed by atoms with van der Waals surface area (Å²) in [4.78, 5) is 14.5. The first-order chi connectivity index (χ1) is 12.1. The maximum absolute atomic E-state index is 12.3. The van der Waals surface area contributed by atoms with Gasteiger partial charge in [0.05, 0.1) is 12.6 Å². The Balaban J connectivity index is 1.59. The Morgan fingerprint density at radius 2 is 2.36 bits per heavy atom. The molecular formula is C16H23N5O3S. The van der Waals surface area contributed by atoms with Crippen LogP contribution in [0.3, 0.4) is 0 Å². The predicted octanol–water partition coefficient (Wildman–Crippen LogP) is 2.57. The molecule has 1 aliphatic heterocycles. The number of ether oxygens (including phenoxy) is 1. The molecule has 25 heavy (non-hydrogen) atoms. The second-order valence-corrected chi connectivity index (χ2v) is 7.48. The fraction of sp³-hybridized carbons (Fsp3) is 0.625. The van der Waals surface area contributed by atoms with E-state index in [4.69, 9.17) is 9.26 Å². The topological polar surface area (TPSA) is 93.4 Å². The van der Waals surface area contributed by atoms with E-state index >= 15 is 0 Å². The zero-order valence-corrected chi connectivity index (χ0v) is 15.5. The third-order valence-corrected chi connectivity index (χ3v) is 4.96. The summed E-state index contributed by atoms with van der Waals surface area (Å²) in [5, 5.41) is 16.2. The van der Waals surface area contributed by atoms with Crippen molar-refractivity contribution in [2.24, 2.45) is 0 Å². The van der Waals surface area contributed by atoms with Gasteiger partial charge in [-0.05, 0) is 19.4 Å². The van der Waals surface area contributed by atoms with Gasteiger partial charge in [0, 0.05) is 19.1 Å². The van der Waals surface area contributed by atoms with Crippen LogP contribution >= 0.6 is 11.3 Å². The molecule has 3 heterocycles. The van der Waals surface area contributed by atoms with Crippen LogP contribution in [-0.2, 0) is 16.1 Å². The highest BCUT2D eigenvalue weighted by Gasteiger charge is 2.30. The highest BCUT2D eigenvalue weighted by atomic mass is 32.1. The molecule has 1 fully saturated rings. The molecule has 9 heteroatoms. The van der Waals surface area contributed by atoms with Gasteiger partial charge in [-0.3, -0.25) is 15.0 Å². The minimum Gasteiger partial charge on any atom is -0.377 e. The highest BCUT2D eigenvalue weighted by molar-refractivity contribution is 7.15. The fourth-order valence-electron chi connectivity index (χ4n) is 2.91. The molecule has 2 aromatic rings. The van der Waals surface area contributed by atoms with Gasteiger partial charge in [0.15, 0.2) is 0 Å². The van der Waals surface area contributed by atoms with Crippen molar-refractivity contribution in [1.82, 2.24) is 20.3 Å². The van der Waals surface area contributed by atoms with Crippen LogP contribution in [0, 0.1) is 0 Å². The lowest BCUT2D eigenvalue weighted by Gasteiger charge is -2.21. The van der Waals surface area contributed by atoms with E-state index in [2.05, 4.69) is 39.4 Å². The molecule has 0 radical (unpaired) electrons. The van der Waals surface area contributed by atoms with Gasteiger partial charge in [0.2, 0.25) is 11.0 Å². The van der Waals surface area contributed by atoms with Gasteiger partial charge < -0.3 is 9.26 Å². The summed E-state index contributed by atoms with van der Waals surface area (Å²) < 4.78 is 10.4. The van der Waals surface area contributed by atoms with E-state index in [0.29, 0.717) is 24.2 Å². The summed E-state index contributed by atoms with van der Waals surface area (Å²) in [7, 11) is 1.60. The quantitative estimate of drug-likeness (QED) is 0.806. The molecule has 0 spiro atoms. The number of nitrogens with one attached hydrogen (secondary N) is 1. The number of hydrogen-bond donors (Lipinski definition) is 1. The van der Waals surface area contributed by atoms with Gasteiger partial charge in [-0.2, -0.15) is 0 Å². The van der Waals surface area contributed by atoms with Gasteiger partial charge in [0.25, 0.3) is 0 Å². The van der Waals surface area contributed by atoms with Gasteiger partial charge in [-0.15, -0.1) is 10.2 Å². The van der Waals surface area contributed by atoms with E-state index in [9.17, 15) is 4.79 Å². The number of anilines is 1. The van der Waals surface area contributed by atoms with Gasteiger partial charge in [-0.1, -0.05) is 30.3 Å². The molecule has 0 aromatic carbocycles. The molecule has 1 atom stereocenters.